The Hall–Kier alpha value is -3.10. The van der Waals surface area contributed by atoms with Crippen LogP contribution in [0.3, 0.4) is 0 Å². The van der Waals surface area contributed by atoms with E-state index in [0.29, 0.717) is 0 Å². The van der Waals surface area contributed by atoms with Gasteiger partial charge in [-0.1, -0.05) is 25.1 Å². The Morgan fingerprint density at radius 3 is 2.56 bits per heavy atom. The zero-order chi connectivity index (χ0) is 19.6. The quantitative estimate of drug-likeness (QED) is 0.719. The number of amides is 1. The first-order valence-corrected chi connectivity index (χ1v) is 8.48. The van der Waals surface area contributed by atoms with Crippen molar-refractivity contribution in [1.82, 2.24) is 29.9 Å². The predicted octanol–water partition coefficient (Wildman–Crippen LogP) is 2.47. The van der Waals surface area contributed by atoms with Crippen LogP contribution in [0.4, 0.5) is 8.78 Å². The molecule has 0 saturated carbocycles. The number of aryl methyl sites for hydroxylation is 1. The van der Waals surface area contributed by atoms with Gasteiger partial charge in [0.2, 0.25) is 0 Å². The molecule has 1 N–H and O–H groups in total. The van der Waals surface area contributed by atoms with Gasteiger partial charge in [-0.3, -0.25) is 4.79 Å². The molecular weight excluding hydrogens is 354 g/mol. The molecule has 0 aliphatic carbocycles. The maximum absolute atomic E-state index is 13.8. The maximum atomic E-state index is 13.8. The van der Waals surface area contributed by atoms with E-state index in [9.17, 15) is 13.6 Å². The number of rotatable bonds is 6. The molecule has 0 aliphatic rings. The standard InChI is InChI=1S/C18H20F2N6O/c1-11(2)16(17-21-7-8-25(17)3)22-18(27)15-10-26(24-23-15)9-12-13(19)5-4-6-14(12)20/h4-8,10-11,16H,9H2,1-3H3,(H,22,27)/t16-/m0/s1. The number of carbonyl (C=O) groups is 1. The van der Waals surface area contributed by atoms with Gasteiger partial charge in [-0.15, -0.1) is 5.10 Å². The lowest BCUT2D eigenvalue weighted by Crippen LogP contribution is -2.33. The summed E-state index contributed by atoms with van der Waals surface area (Å²) in [6, 6.07) is 3.32. The molecule has 7 nitrogen and oxygen atoms in total. The van der Waals surface area contributed by atoms with Gasteiger partial charge in [0, 0.05) is 25.0 Å². The number of nitrogens with zero attached hydrogens (tertiary/aromatic N) is 5. The van der Waals surface area contributed by atoms with Crippen molar-refractivity contribution in [2.24, 2.45) is 13.0 Å². The molecule has 2 heterocycles. The molecule has 2 aromatic heterocycles. The summed E-state index contributed by atoms with van der Waals surface area (Å²) >= 11 is 0. The Morgan fingerprint density at radius 2 is 1.96 bits per heavy atom. The lowest BCUT2D eigenvalue weighted by molar-refractivity contribution is 0.0917. The van der Waals surface area contributed by atoms with Gasteiger partial charge in [-0.25, -0.2) is 18.4 Å². The molecule has 1 amide bonds. The average molecular weight is 374 g/mol. The Bertz CT molecular complexity index is 929. The van der Waals surface area contributed by atoms with Gasteiger partial charge in [-0.05, 0) is 18.1 Å². The van der Waals surface area contributed by atoms with Crippen LogP contribution in [-0.4, -0.2) is 30.5 Å². The minimum Gasteiger partial charge on any atom is -0.340 e. The van der Waals surface area contributed by atoms with Crippen molar-refractivity contribution in [3.63, 3.8) is 0 Å². The van der Waals surface area contributed by atoms with Gasteiger partial charge in [0.05, 0.1) is 18.8 Å². The van der Waals surface area contributed by atoms with E-state index in [4.69, 9.17) is 0 Å². The Morgan fingerprint density at radius 1 is 1.26 bits per heavy atom. The van der Waals surface area contributed by atoms with Crippen LogP contribution in [0, 0.1) is 17.6 Å². The minimum absolute atomic E-state index is 0.0617. The average Bonchev–Trinajstić information content (AvgIpc) is 3.25. The van der Waals surface area contributed by atoms with Crippen molar-refractivity contribution < 1.29 is 13.6 Å². The summed E-state index contributed by atoms with van der Waals surface area (Å²) in [5, 5.41) is 10.5. The van der Waals surface area contributed by atoms with Crippen molar-refractivity contribution in [3.05, 3.63) is 65.5 Å². The van der Waals surface area contributed by atoms with Crippen LogP contribution in [0.5, 0.6) is 0 Å². The number of hydrogen-bond acceptors (Lipinski definition) is 4. The second-order valence-corrected chi connectivity index (χ2v) is 6.59. The van der Waals surface area contributed by atoms with Crippen LogP contribution < -0.4 is 5.32 Å². The summed E-state index contributed by atoms with van der Waals surface area (Å²) in [7, 11) is 1.85. The molecule has 0 saturated heterocycles. The van der Waals surface area contributed by atoms with Gasteiger partial charge < -0.3 is 9.88 Å². The molecule has 0 spiro atoms. The molecule has 1 aromatic carbocycles. The molecule has 0 unspecified atom stereocenters. The van der Waals surface area contributed by atoms with Crippen molar-refractivity contribution in [2.45, 2.75) is 26.4 Å². The van der Waals surface area contributed by atoms with E-state index in [1.54, 1.807) is 12.4 Å². The lowest BCUT2D eigenvalue weighted by atomic mass is 10.0. The SMILES string of the molecule is CC(C)[C@H](NC(=O)c1cn(Cc2c(F)cccc2F)nn1)c1nccn1C. The van der Waals surface area contributed by atoms with E-state index in [0.717, 1.165) is 5.82 Å². The third kappa shape index (κ3) is 4.02. The fraction of sp³-hybridized carbons (Fsp3) is 0.333. The lowest BCUT2D eigenvalue weighted by Gasteiger charge is -2.21. The fourth-order valence-corrected chi connectivity index (χ4v) is 2.75. The van der Waals surface area contributed by atoms with Crippen LogP contribution in [0.15, 0.2) is 36.8 Å². The zero-order valence-corrected chi connectivity index (χ0v) is 15.2. The topological polar surface area (TPSA) is 77.6 Å². The van der Waals surface area contributed by atoms with Gasteiger partial charge in [0.1, 0.15) is 17.5 Å². The third-order valence-corrected chi connectivity index (χ3v) is 4.24. The van der Waals surface area contributed by atoms with E-state index >= 15 is 0 Å². The van der Waals surface area contributed by atoms with Gasteiger partial charge in [0.15, 0.2) is 5.69 Å². The monoisotopic (exact) mass is 374 g/mol. The highest BCUT2D eigenvalue weighted by molar-refractivity contribution is 5.92. The third-order valence-electron chi connectivity index (χ3n) is 4.24. The summed E-state index contributed by atoms with van der Waals surface area (Å²) < 4.78 is 30.6. The van der Waals surface area contributed by atoms with Gasteiger partial charge in [-0.2, -0.15) is 0 Å². The molecule has 9 heteroatoms. The van der Waals surface area contributed by atoms with E-state index in [-0.39, 0.29) is 29.8 Å². The predicted molar refractivity (Wildman–Crippen MR) is 93.7 cm³/mol. The van der Waals surface area contributed by atoms with Crippen LogP contribution in [0.2, 0.25) is 0 Å². The highest BCUT2D eigenvalue weighted by Crippen LogP contribution is 2.20. The normalized spacial score (nSPS) is 12.4. The van der Waals surface area contributed by atoms with Crippen LogP contribution in [0.25, 0.3) is 0 Å². The van der Waals surface area contributed by atoms with Crippen molar-refractivity contribution in [3.8, 4) is 0 Å². The molecule has 3 aromatic rings. The van der Waals surface area contributed by atoms with Crippen molar-refractivity contribution >= 4 is 5.91 Å². The summed E-state index contributed by atoms with van der Waals surface area (Å²) in [4.78, 5) is 16.8. The highest BCUT2D eigenvalue weighted by Gasteiger charge is 2.24. The number of carbonyl (C=O) groups excluding carboxylic acids is 1. The fourth-order valence-electron chi connectivity index (χ4n) is 2.75. The largest absolute Gasteiger partial charge is 0.340 e. The first-order valence-electron chi connectivity index (χ1n) is 8.48. The molecule has 27 heavy (non-hydrogen) atoms. The van der Waals surface area contributed by atoms with E-state index in [1.807, 2.05) is 25.5 Å². The molecule has 0 radical (unpaired) electrons. The smallest absolute Gasteiger partial charge is 0.274 e. The van der Waals surface area contributed by atoms with Crippen molar-refractivity contribution in [2.75, 3.05) is 0 Å². The summed E-state index contributed by atoms with van der Waals surface area (Å²) in [5.41, 5.74) is -0.0750. The van der Waals surface area contributed by atoms with Crippen molar-refractivity contribution in [1.29, 1.82) is 0 Å². The van der Waals surface area contributed by atoms with Crippen LogP contribution >= 0.6 is 0 Å². The number of aromatic nitrogens is 5. The number of halogens is 2. The summed E-state index contributed by atoms with van der Waals surface area (Å²) in [6.07, 6.45) is 4.82. The molecule has 0 aliphatic heterocycles. The van der Waals surface area contributed by atoms with E-state index in [1.165, 1.54) is 29.1 Å². The second kappa shape index (κ2) is 7.65. The van der Waals surface area contributed by atoms with Crippen LogP contribution in [-0.2, 0) is 13.6 Å². The summed E-state index contributed by atoms with van der Waals surface area (Å²) in [5.74, 6) is -0.967. The Labute approximate surface area is 155 Å². The highest BCUT2D eigenvalue weighted by atomic mass is 19.1. The van der Waals surface area contributed by atoms with Gasteiger partial charge >= 0.3 is 0 Å². The maximum Gasteiger partial charge on any atom is 0.274 e. The first kappa shape index (κ1) is 18.7. The first-order chi connectivity index (χ1) is 12.9. The molecule has 1 atom stereocenters. The number of benzene rings is 1. The summed E-state index contributed by atoms with van der Waals surface area (Å²) in [6.45, 7) is 3.78. The molecule has 0 fully saturated rings. The Balaban J connectivity index is 1.75. The van der Waals surface area contributed by atoms with Gasteiger partial charge in [0.25, 0.3) is 5.91 Å². The van der Waals surface area contributed by atoms with E-state index < -0.39 is 17.5 Å². The second-order valence-electron chi connectivity index (χ2n) is 6.59. The van der Waals surface area contributed by atoms with E-state index in [2.05, 4.69) is 20.6 Å². The minimum atomic E-state index is -0.675. The zero-order valence-electron chi connectivity index (χ0n) is 15.2. The molecular formula is C18H20F2N6O. The molecule has 0 bridgehead atoms. The number of imidazole rings is 1. The molecule has 142 valence electrons. The number of hydrogen-bond donors (Lipinski definition) is 1. The molecule has 3 rings (SSSR count). The van der Waals surface area contributed by atoms with Crippen LogP contribution in [0.1, 0.15) is 41.8 Å². The number of nitrogens with one attached hydrogen (secondary N) is 1. The Kier molecular flexibility index (Phi) is 5.29.